The molecule has 0 bridgehead atoms. The molecule has 1 atom stereocenters. The lowest BCUT2D eigenvalue weighted by molar-refractivity contribution is -0.141. The molecule has 2 aromatic rings. The number of ether oxygens (including phenoxy) is 1. The first-order chi connectivity index (χ1) is 14.4. The third-order valence-corrected chi connectivity index (χ3v) is 5.60. The molecule has 0 spiro atoms. The molecule has 0 aliphatic heterocycles. The van der Waals surface area contributed by atoms with Crippen LogP contribution in [-0.4, -0.2) is 36.4 Å². The maximum atomic E-state index is 13.0. The number of benzene rings is 2. The highest BCUT2D eigenvalue weighted by Gasteiger charge is 2.28. The molecule has 0 radical (unpaired) electrons. The molecule has 0 aliphatic rings. The molecule has 0 heterocycles. The van der Waals surface area contributed by atoms with E-state index in [0.29, 0.717) is 45.8 Å². The number of likely N-dealkylation sites (N-methyl/N-ethyl adjacent to an activating group) is 1. The molecule has 162 valence electrons. The van der Waals surface area contributed by atoms with E-state index in [9.17, 15) is 9.59 Å². The van der Waals surface area contributed by atoms with Gasteiger partial charge in [-0.2, -0.15) is 0 Å². The molecule has 0 saturated carbocycles. The smallest absolute Gasteiger partial charge is 0.242 e. The van der Waals surface area contributed by atoms with E-state index in [1.165, 1.54) is 4.90 Å². The zero-order chi connectivity index (χ0) is 22.1. The second-order valence-electron chi connectivity index (χ2n) is 6.67. The van der Waals surface area contributed by atoms with E-state index in [2.05, 4.69) is 5.32 Å². The number of hydrogen-bond donors (Lipinski definition) is 1. The quantitative estimate of drug-likeness (QED) is 0.475. The van der Waals surface area contributed by atoms with Crippen molar-refractivity contribution >= 4 is 46.6 Å². The van der Waals surface area contributed by atoms with E-state index in [1.54, 1.807) is 49.5 Å². The maximum absolute atomic E-state index is 13.0. The Kier molecular flexibility index (Phi) is 9.76. The van der Waals surface area contributed by atoms with Crippen molar-refractivity contribution in [3.05, 3.63) is 63.1 Å². The summed E-state index contributed by atoms with van der Waals surface area (Å²) in [6, 6.07) is 11.6. The number of amides is 2. The standard InChI is InChI=1S/C22H25Cl3N2O3/c1-3-20(22(29)26-2)27(14-17-18(24)6-4-7-19(17)25)21(28)8-5-13-30-16-11-9-15(23)10-12-16/h4,6-7,9-12,20H,3,5,8,13-14H2,1-2H3,(H,26,29)/t20-/m1/s1. The van der Waals surface area contributed by atoms with Crippen LogP contribution in [0.2, 0.25) is 15.1 Å². The van der Waals surface area contributed by atoms with Crippen molar-refractivity contribution in [3.63, 3.8) is 0 Å². The van der Waals surface area contributed by atoms with Gasteiger partial charge in [0, 0.05) is 40.6 Å². The number of carbonyl (C=O) groups is 2. The van der Waals surface area contributed by atoms with E-state index in [4.69, 9.17) is 39.5 Å². The molecule has 2 rings (SSSR count). The third-order valence-electron chi connectivity index (χ3n) is 4.64. The summed E-state index contributed by atoms with van der Waals surface area (Å²) >= 11 is 18.4. The van der Waals surface area contributed by atoms with E-state index >= 15 is 0 Å². The molecule has 8 heteroatoms. The monoisotopic (exact) mass is 470 g/mol. The second kappa shape index (κ2) is 12.0. The Labute approximate surface area is 192 Å². The fourth-order valence-electron chi connectivity index (χ4n) is 3.03. The fourth-order valence-corrected chi connectivity index (χ4v) is 3.67. The van der Waals surface area contributed by atoms with Crippen LogP contribution in [0.25, 0.3) is 0 Å². The minimum Gasteiger partial charge on any atom is -0.494 e. The average molecular weight is 472 g/mol. The first kappa shape index (κ1) is 24.3. The van der Waals surface area contributed by atoms with Gasteiger partial charge in [-0.3, -0.25) is 9.59 Å². The van der Waals surface area contributed by atoms with Crippen molar-refractivity contribution < 1.29 is 14.3 Å². The average Bonchev–Trinajstić information content (AvgIpc) is 2.73. The third kappa shape index (κ3) is 6.79. The van der Waals surface area contributed by atoms with Crippen LogP contribution in [0.5, 0.6) is 5.75 Å². The van der Waals surface area contributed by atoms with Crippen LogP contribution >= 0.6 is 34.8 Å². The van der Waals surface area contributed by atoms with Crippen LogP contribution in [0.3, 0.4) is 0 Å². The molecule has 1 N–H and O–H groups in total. The van der Waals surface area contributed by atoms with Crippen LogP contribution in [0.4, 0.5) is 0 Å². The van der Waals surface area contributed by atoms with Crippen molar-refractivity contribution in [1.82, 2.24) is 10.2 Å². The van der Waals surface area contributed by atoms with Gasteiger partial charge in [0.2, 0.25) is 11.8 Å². The zero-order valence-corrected chi connectivity index (χ0v) is 19.2. The summed E-state index contributed by atoms with van der Waals surface area (Å²) in [5.74, 6) is 0.288. The molecule has 5 nitrogen and oxygen atoms in total. The Bertz CT molecular complexity index is 839. The Morgan fingerprint density at radius 1 is 1.07 bits per heavy atom. The molecule has 0 saturated heterocycles. The summed E-state index contributed by atoms with van der Waals surface area (Å²) < 4.78 is 5.65. The summed E-state index contributed by atoms with van der Waals surface area (Å²) in [6.45, 7) is 2.38. The van der Waals surface area contributed by atoms with E-state index in [1.807, 2.05) is 6.92 Å². The Balaban J connectivity index is 2.07. The number of rotatable bonds is 10. The normalized spacial score (nSPS) is 11.6. The van der Waals surface area contributed by atoms with Gasteiger partial charge in [-0.25, -0.2) is 0 Å². The molecule has 0 fully saturated rings. The Hall–Kier alpha value is -1.95. The summed E-state index contributed by atoms with van der Waals surface area (Å²) in [4.78, 5) is 27.0. The van der Waals surface area contributed by atoms with E-state index in [0.717, 1.165) is 0 Å². The predicted molar refractivity (Wildman–Crippen MR) is 121 cm³/mol. The minimum absolute atomic E-state index is 0.154. The van der Waals surface area contributed by atoms with Crippen LogP contribution in [-0.2, 0) is 16.1 Å². The van der Waals surface area contributed by atoms with Gasteiger partial charge in [-0.1, -0.05) is 47.8 Å². The minimum atomic E-state index is -0.618. The summed E-state index contributed by atoms with van der Waals surface area (Å²) in [5.41, 5.74) is 0.619. The zero-order valence-electron chi connectivity index (χ0n) is 17.0. The molecule has 0 aromatic heterocycles. The topological polar surface area (TPSA) is 58.6 Å². The molecular weight excluding hydrogens is 447 g/mol. The molecule has 30 heavy (non-hydrogen) atoms. The number of nitrogens with zero attached hydrogens (tertiary/aromatic N) is 1. The molecular formula is C22H25Cl3N2O3. The van der Waals surface area contributed by atoms with Gasteiger partial charge < -0.3 is 15.0 Å². The van der Waals surface area contributed by atoms with E-state index < -0.39 is 6.04 Å². The van der Waals surface area contributed by atoms with Crippen LogP contribution in [0.15, 0.2) is 42.5 Å². The van der Waals surface area contributed by atoms with Gasteiger partial charge in [0.05, 0.1) is 6.61 Å². The lowest BCUT2D eigenvalue weighted by Gasteiger charge is -2.31. The number of carbonyl (C=O) groups excluding carboxylic acids is 2. The Morgan fingerprint density at radius 3 is 2.27 bits per heavy atom. The second-order valence-corrected chi connectivity index (χ2v) is 7.92. The highest BCUT2D eigenvalue weighted by Crippen LogP contribution is 2.27. The lowest BCUT2D eigenvalue weighted by atomic mass is 10.1. The molecule has 0 unspecified atom stereocenters. The first-order valence-electron chi connectivity index (χ1n) is 9.69. The van der Waals surface area contributed by atoms with Gasteiger partial charge in [0.1, 0.15) is 11.8 Å². The van der Waals surface area contributed by atoms with Crippen LogP contribution in [0, 0.1) is 0 Å². The van der Waals surface area contributed by atoms with Gasteiger partial charge in [0.15, 0.2) is 0 Å². The van der Waals surface area contributed by atoms with Crippen LogP contribution < -0.4 is 10.1 Å². The summed E-state index contributed by atoms with van der Waals surface area (Å²) in [5, 5.41) is 4.17. The molecule has 0 aliphatic carbocycles. The molecule has 2 amide bonds. The van der Waals surface area contributed by atoms with E-state index in [-0.39, 0.29) is 24.8 Å². The van der Waals surface area contributed by atoms with Gasteiger partial charge in [-0.05, 0) is 49.2 Å². The van der Waals surface area contributed by atoms with Crippen molar-refractivity contribution in [2.24, 2.45) is 0 Å². The SMILES string of the molecule is CC[C@H](C(=O)NC)N(Cc1c(Cl)cccc1Cl)C(=O)CCCOc1ccc(Cl)cc1. The van der Waals surface area contributed by atoms with Gasteiger partial charge >= 0.3 is 0 Å². The summed E-state index contributed by atoms with van der Waals surface area (Å²) in [7, 11) is 1.55. The van der Waals surface area contributed by atoms with Crippen LogP contribution in [0.1, 0.15) is 31.7 Å². The Morgan fingerprint density at radius 2 is 1.70 bits per heavy atom. The highest BCUT2D eigenvalue weighted by atomic mass is 35.5. The number of halogens is 3. The van der Waals surface area contributed by atoms with Gasteiger partial charge in [0.25, 0.3) is 0 Å². The summed E-state index contributed by atoms with van der Waals surface area (Å²) in [6.07, 6.45) is 1.19. The first-order valence-corrected chi connectivity index (χ1v) is 10.8. The predicted octanol–water partition coefficient (Wildman–Crippen LogP) is 5.36. The fraction of sp³-hybridized carbons (Fsp3) is 0.364. The lowest BCUT2D eigenvalue weighted by Crippen LogP contribution is -2.48. The van der Waals surface area contributed by atoms with Gasteiger partial charge in [-0.15, -0.1) is 0 Å². The number of hydrogen-bond acceptors (Lipinski definition) is 3. The molecule has 2 aromatic carbocycles. The van der Waals surface area contributed by atoms with Crippen molar-refractivity contribution in [3.8, 4) is 5.75 Å². The van der Waals surface area contributed by atoms with Crippen molar-refractivity contribution in [1.29, 1.82) is 0 Å². The number of nitrogens with one attached hydrogen (secondary N) is 1. The maximum Gasteiger partial charge on any atom is 0.242 e. The highest BCUT2D eigenvalue weighted by molar-refractivity contribution is 6.36. The van der Waals surface area contributed by atoms with Crippen molar-refractivity contribution in [2.75, 3.05) is 13.7 Å². The van der Waals surface area contributed by atoms with Crippen molar-refractivity contribution in [2.45, 2.75) is 38.8 Å². The largest absolute Gasteiger partial charge is 0.494 e.